The molecule has 88 valence electrons. The van der Waals surface area contributed by atoms with Crippen LogP contribution in [0, 0.1) is 0 Å². The molecule has 0 saturated carbocycles. The van der Waals surface area contributed by atoms with Crippen LogP contribution in [-0.2, 0) is 6.54 Å². The van der Waals surface area contributed by atoms with Crippen LogP contribution in [-0.4, -0.2) is 25.1 Å². The lowest BCUT2D eigenvalue weighted by Crippen LogP contribution is -2.24. The number of pyridine rings is 1. The van der Waals surface area contributed by atoms with Crippen LogP contribution in [0.4, 0.5) is 5.82 Å². The van der Waals surface area contributed by atoms with Gasteiger partial charge in [-0.1, -0.05) is 18.9 Å². The summed E-state index contributed by atoms with van der Waals surface area (Å²) in [6.07, 6.45) is 7.33. The quantitative estimate of drug-likeness (QED) is 0.844. The van der Waals surface area contributed by atoms with E-state index in [0.29, 0.717) is 0 Å². The van der Waals surface area contributed by atoms with Crippen molar-refractivity contribution in [2.45, 2.75) is 32.2 Å². The van der Waals surface area contributed by atoms with Gasteiger partial charge >= 0.3 is 0 Å². The first-order valence-electron chi connectivity index (χ1n) is 6.24. The summed E-state index contributed by atoms with van der Waals surface area (Å²) in [4.78, 5) is 6.96. The molecule has 1 aliphatic rings. The summed E-state index contributed by atoms with van der Waals surface area (Å²) in [6.45, 7) is 3.23. The average molecular weight is 219 g/mol. The van der Waals surface area contributed by atoms with E-state index >= 15 is 0 Å². The Morgan fingerprint density at radius 3 is 2.50 bits per heavy atom. The molecule has 0 radical (unpaired) electrons. The lowest BCUT2D eigenvalue weighted by Gasteiger charge is -2.21. The molecule has 1 N–H and O–H groups in total. The molecule has 0 spiro atoms. The fraction of sp³-hybridized carbons (Fsp3) is 0.615. The molecule has 0 amide bonds. The molecular weight excluding hydrogens is 198 g/mol. The number of anilines is 1. The molecule has 3 heteroatoms. The zero-order valence-corrected chi connectivity index (χ0v) is 10.1. The van der Waals surface area contributed by atoms with E-state index in [4.69, 9.17) is 0 Å². The monoisotopic (exact) mass is 219 g/mol. The van der Waals surface area contributed by atoms with Gasteiger partial charge in [-0.15, -0.1) is 0 Å². The Morgan fingerprint density at radius 1 is 1.19 bits per heavy atom. The Kier molecular flexibility index (Phi) is 4.17. The molecule has 1 saturated heterocycles. The van der Waals surface area contributed by atoms with Crippen molar-refractivity contribution in [3.8, 4) is 0 Å². The summed E-state index contributed by atoms with van der Waals surface area (Å²) >= 11 is 0. The van der Waals surface area contributed by atoms with Crippen molar-refractivity contribution in [1.82, 2.24) is 10.3 Å². The number of nitrogens with zero attached hydrogens (tertiary/aromatic N) is 2. The molecule has 16 heavy (non-hydrogen) atoms. The first kappa shape index (κ1) is 11.4. The lowest BCUT2D eigenvalue weighted by molar-refractivity contribution is 0.726. The Labute approximate surface area is 97.9 Å². The van der Waals surface area contributed by atoms with Crippen LogP contribution in [0.5, 0.6) is 0 Å². The van der Waals surface area contributed by atoms with E-state index in [1.54, 1.807) is 0 Å². The van der Waals surface area contributed by atoms with E-state index in [2.05, 4.69) is 27.3 Å². The molecule has 2 rings (SSSR count). The summed E-state index contributed by atoms with van der Waals surface area (Å²) in [6, 6.07) is 4.32. The number of aromatic nitrogens is 1. The molecular formula is C13H21N3. The van der Waals surface area contributed by atoms with Gasteiger partial charge in [-0.25, -0.2) is 4.98 Å². The van der Waals surface area contributed by atoms with Gasteiger partial charge in [0, 0.05) is 25.8 Å². The summed E-state index contributed by atoms with van der Waals surface area (Å²) in [5, 5.41) is 3.14. The second kappa shape index (κ2) is 5.85. The maximum absolute atomic E-state index is 4.55. The van der Waals surface area contributed by atoms with Crippen molar-refractivity contribution in [3.05, 3.63) is 23.9 Å². The predicted molar refractivity (Wildman–Crippen MR) is 67.7 cm³/mol. The number of hydrogen-bond acceptors (Lipinski definition) is 3. The van der Waals surface area contributed by atoms with Crippen molar-refractivity contribution in [1.29, 1.82) is 0 Å². The van der Waals surface area contributed by atoms with E-state index in [0.717, 1.165) is 12.4 Å². The highest BCUT2D eigenvalue weighted by molar-refractivity contribution is 5.39. The van der Waals surface area contributed by atoms with Crippen molar-refractivity contribution in [3.63, 3.8) is 0 Å². The maximum atomic E-state index is 4.55. The van der Waals surface area contributed by atoms with Crippen LogP contribution < -0.4 is 10.2 Å². The van der Waals surface area contributed by atoms with E-state index < -0.39 is 0 Å². The Morgan fingerprint density at radius 2 is 1.94 bits per heavy atom. The summed E-state index contributed by atoms with van der Waals surface area (Å²) in [5.74, 6) is 1.14. The normalized spacial score (nSPS) is 17.2. The van der Waals surface area contributed by atoms with Crippen molar-refractivity contribution < 1.29 is 0 Å². The summed E-state index contributed by atoms with van der Waals surface area (Å²) in [7, 11) is 1.96. The van der Waals surface area contributed by atoms with Gasteiger partial charge in [0.25, 0.3) is 0 Å². The molecule has 1 fully saturated rings. The minimum Gasteiger partial charge on any atom is -0.357 e. The molecule has 0 unspecified atom stereocenters. The third-order valence-corrected chi connectivity index (χ3v) is 3.12. The van der Waals surface area contributed by atoms with Gasteiger partial charge < -0.3 is 10.2 Å². The van der Waals surface area contributed by atoms with Gasteiger partial charge in [-0.05, 0) is 31.5 Å². The van der Waals surface area contributed by atoms with Crippen molar-refractivity contribution in [2.24, 2.45) is 0 Å². The molecule has 0 aromatic carbocycles. The van der Waals surface area contributed by atoms with Crippen LogP contribution in [0.1, 0.15) is 31.2 Å². The molecule has 0 aliphatic carbocycles. The van der Waals surface area contributed by atoms with Gasteiger partial charge in [0.15, 0.2) is 0 Å². The summed E-state index contributed by atoms with van der Waals surface area (Å²) in [5.41, 5.74) is 1.25. The smallest absolute Gasteiger partial charge is 0.128 e. The van der Waals surface area contributed by atoms with Crippen LogP contribution in [0.2, 0.25) is 0 Å². The van der Waals surface area contributed by atoms with Crippen molar-refractivity contribution in [2.75, 3.05) is 25.0 Å². The number of nitrogens with one attached hydrogen (secondary N) is 1. The van der Waals surface area contributed by atoms with Crippen LogP contribution in [0.15, 0.2) is 18.3 Å². The fourth-order valence-electron chi connectivity index (χ4n) is 2.21. The molecule has 0 atom stereocenters. The van der Waals surface area contributed by atoms with Crippen LogP contribution in [0.3, 0.4) is 0 Å². The first-order valence-corrected chi connectivity index (χ1v) is 6.24. The average Bonchev–Trinajstić information content (AvgIpc) is 2.59. The first-order chi connectivity index (χ1) is 7.90. The van der Waals surface area contributed by atoms with E-state index in [1.807, 2.05) is 13.2 Å². The van der Waals surface area contributed by atoms with Gasteiger partial charge in [0.05, 0.1) is 0 Å². The Bertz CT molecular complexity index is 299. The van der Waals surface area contributed by atoms with Gasteiger partial charge in [-0.2, -0.15) is 0 Å². The molecule has 0 bridgehead atoms. The summed E-state index contributed by atoms with van der Waals surface area (Å²) < 4.78 is 0. The predicted octanol–water partition coefficient (Wildman–Crippen LogP) is 2.18. The SMILES string of the molecule is CNCc1ccc(N2CCCCCC2)nc1. The Hall–Kier alpha value is -1.09. The molecule has 1 aromatic heterocycles. The molecule has 2 heterocycles. The van der Waals surface area contributed by atoms with E-state index in [9.17, 15) is 0 Å². The third-order valence-electron chi connectivity index (χ3n) is 3.12. The van der Waals surface area contributed by atoms with Gasteiger partial charge in [-0.3, -0.25) is 0 Å². The standard InChI is InChI=1S/C13H21N3/c1-14-10-12-6-7-13(15-11-12)16-8-4-2-3-5-9-16/h6-7,11,14H,2-5,8-10H2,1H3. The second-order valence-corrected chi connectivity index (χ2v) is 4.46. The minimum atomic E-state index is 0.896. The lowest BCUT2D eigenvalue weighted by atomic mass is 10.2. The van der Waals surface area contributed by atoms with E-state index in [1.165, 1.54) is 44.3 Å². The van der Waals surface area contributed by atoms with Gasteiger partial charge in [0.2, 0.25) is 0 Å². The zero-order chi connectivity index (χ0) is 11.2. The number of hydrogen-bond donors (Lipinski definition) is 1. The highest BCUT2D eigenvalue weighted by atomic mass is 15.2. The highest BCUT2D eigenvalue weighted by Crippen LogP contribution is 2.17. The second-order valence-electron chi connectivity index (χ2n) is 4.46. The van der Waals surface area contributed by atoms with Crippen molar-refractivity contribution >= 4 is 5.82 Å². The maximum Gasteiger partial charge on any atom is 0.128 e. The third kappa shape index (κ3) is 2.95. The van der Waals surface area contributed by atoms with Gasteiger partial charge in [0.1, 0.15) is 5.82 Å². The number of rotatable bonds is 3. The molecule has 1 aromatic rings. The largest absolute Gasteiger partial charge is 0.357 e. The molecule has 1 aliphatic heterocycles. The highest BCUT2D eigenvalue weighted by Gasteiger charge is 2.10. The molecule has 3 nitrogen and oxygen atoms in total. The van der Waals surface area contributed by atoms with E-state index in [-0.39, 0.29) is 0 Å². The van der Waals surface area contributed by atoms with Crippen LogP contribution >= 0.6 is 0 Å². The zero-order valence-electron chi connectivity index (χ0n) is 10.1. The Balaban J connectivity index is 2.01. The fourth-order valence-corrected chi connectivity index (χ4v) is 2.21. The topological polar surface area (TPSA) is 28.2 Å². The van der Waals surface area contributed by atoms with Crippen LogP contribution in [0.25, 0.3) is 0 Å². The minimum absolute atomic E-state index is 0.896.